The molecule has 0 spiro atoms. The predicted molar refractivity (Wildman–Crippen MR) is 106 cm³/mol. The van der Waals surface area contributed by atoms with Gasteiger partial charge in [-0.15, -0.1) is 0 Å². The van der Waals surface area contributed by atoms with Gasteiger partial charge in [-0.05, 0) is 62.6 Å². The summed E-state index contributed by atoms with van der Waals surface area (Å²) in [6, 6.07) is 11.9. The number of anilines is 1. The third-order valence-electron chi connectivity index (χ3n) is 4.08. The van der Waals surface area contributed by atoms with Crippen LogP contribution in [-0.2, 0) is 21.2 Å². The summed E-state index contributed by atoms with van der Waals surface area (Å²) in [6.45, 7) is 6.91. The van der Waals surface area contributed by atoms with E-state index in [0.717, 1.165) is 11.1 Å². The lowest BCUT2D eigenvalue weighted by molar-refractivity contribution is -0.122. The smallest absolute Gasteiger partial charge is 0.262 e. The average Bonchev–Trinajstić information content (AvgIpc) is 2.58. The van der Waals surface area contributed by atoms with Crippen molar-refractivity contribution in [2.45, 2.75) is 44.6 Å². The molecule has 0 atom stereocenters. The quantitative estimate of drug-likeness (QED) is 0.677. The topological polar surface area (TPSA) is 95.5 Å². The van der Waals surface area contributed by atoms with E-state index in [-0.39, 0.29) is 23.8 Å². The summed E-state index contributed by atoms with van der Waals surface area (Å²) in [5.74, 6) is -0.210. The van der Waals surface area contributed by atoms with Crippen LogP contribution in [0.25, 0.3) is 0 Å². The lowest BCUT2D eigenvalue weighted by Gasteiger charge is -2.23. The Balaban J connectivity index is 2.09. The van der Waals surface area contributed by atoms with Crippen LogP contribution >= 0.6 is 0 Å². The molecule has 0 fully saturated rings. The van der Waals surface area contributed by atoms with Crippen molar-refractivity contribution in [3.05, 3.63) is 59.2 Å². The Morgan fingerprint density at radius 2 is 1.70 bits per heavy atom. The number of hydrogen-bond donors (Lipinski definition) is 3. The maximum absolute atomic E-state index is 12.6. The van der Waals surface area contributed by atoms with E-state index in [9.17, 15) is 18.3 Å². The average molecular weight is 391 g/mol. The van der Waals surface area contributed by atoms with E-state index >= 15 is 0 Å². The standard InChI is InChI=1S/C20H26N2O4S/c1-14-5-6-15(2)18(11-14)27(25,26)22-17-9-7-16(8-10-17)12-19(24)21-20(3,4)13-23/h5-11,22-23H,12-13H2,1-4H3,(H,21,24). The molecule has 2 rings (SSSR count). The molecule has 0 bridgehead atoms. The molecule has 1 amide bonds. The van der Waals surface area contributed by atoms with E-state index in [2.05, 4.69) is 10.0 Å². The van der Waals surface area contributed by atoms with E-state index in [1.165, 1.54) is 0 Å². The highest BCUT2D eigenvalue weighted by molar-refractivity contribution is 7.92. The summed E-state index contributed by atoms with van der Waals surface area (Å²) in [5.41, 5.74) is 2.03. The Labute approximate surface area is 160 Å². The minimum Gasteiger partial charge on any atom is -0.394 e. The summed E-state index contributed by atoms with van der Waals surface area (Å²) >= 11 is 0. The largest absolute Gasteiger partial charge is 0.394 e. The minimum absolute atomic E-state index is 0.146. The number of aliphatic hydroxyl groups is 1. The number of nitrogens with one attached hydrogen (secondary N) is 2. The summed E-state index contributed by atoms with van der Waals surface area (Å²) in [4.78, 5) is 12.3. The molecule has 0 aromatic heterocycles. The number of sulfonamides is 1. The van der Waals surface area contributed by atoms with Crippen LogP contribution in [0.3, 0.4) is 0 Å². The second-order valence-electron chi connectivity index (χ2n) is 7.34. The zero-order valence-corrected chi connectivity index (χ0v) is 16.9. The molecule has 146 valence electrons. The van der Waals surface area contributed by atoms with Crippen LogP contribution in [0, 0.1) is 13.8 Å². The molecule has 27 heavy (non-hydrogen) atoms. The molecule has 6 nitrogen and oxygen atoms in total. The van der Waals surface area contributed by atoms with Gasteiger partial charge >= 0.3 is 0 Å². The van der Waals surface area contributed by atoms with Crippen molar-refractivity contribution >= 4 is 21.6 Å². The molecule has 0 radical (unpaired) electrons. The van der Waals surface area contributed by atoms with E-state index in [4.69, 9.17) is 0 Å². The van der Waals surface area contributed by atoms with E-state index in [1.54, 1.807) is 57.2 Å². The van der Waals surface area contributed by atoms with Crippen molar-refractivity contribution in [1.29, 1.82) is 0 Å². The Hall–Kier alpha value is -2.38. The molecule has 0 saturated heterocycles. The number of carbonyl (C=O) groups is 1. The van der Waals surface area contributed by atoms with E-state index in [1.807, 2.05) is 13.0 Å². The van der Waals surface area contributed by atoms with Crippen molar-refractivity contribution in [2.75, 3.05) is 11.3 Å². The highest BCUT2D eigenvalue weighted by Crippen LogP contribution is 2.21. The Kier molecular flexibility index (Phi) is 6.28. The van der Waals surface area contributed by atoms with Gasteiger partial charge in [-0.3, -0.25) is 9.52 Å². The SMILES string of the molecule is Cc1ccc(C)c(S(=O)(=O)Nc2ccc(CC(=O)NC(C)(C)CO)cc2)c1. The van der Waals surface area contributed by atoms with Crippen molar-refractivity contribution < 1.29 is 18.3 Å². The van der Waals surface area contributed by atoms with Crippen molar-refractivity contribution in [1.82, 2.24) is 5.32 Å². The summed E-state index contributed by atoms with van der Waals surface area (Å²) < 4.78 is 27.8. The molecular formula is C20H26N2O4S. The number of hydrogen-bond acceptors (Lipinski definition) is 4. The molecule has 0 saturated carbocycles. The zero-order valence-electron chi connectivity index (χ0n) is 16.0. The molecule has 0 unspecified atom stereocenters. The molecule has 0 aliphatic rings. The van der Waals surface area contributed by atoms with Crippen LogP contribution in [0.2, 0.25) is 0 Å². The first kappa shape index (κ1) is 20.9. The summed E-state index contributed by atoms with van der Waals surface area (Å²) in [5, 5.41) is 11.9. The first-order chi connectivity index (χ1) is 12.5. The lowest BCUT2D eigenvalue weighted by Crippen LogP contribution is -2.46. The van der Waals surface area contributed by atoms with Gasteiger partial charge in [-0.25, -0.2) is 8.42 Å². The Morgan fingerprint density at radius 1 is 1.07 bits per heavy atom. The van der Waals surface area contributed by atoms with Crippen molar-refractivity contribution in [2.24, 2.45) is 0 Å². The molecule has 0 heterocycles. The third kappa shape index (κ3) is 5.80. The van der Waals surface area contributed by atoms with Gasteiger partial charge in [0, 0.05) is 5.69 Å². The monoisotopic (exact) mass is 390 g/mol. The number of benzene rings is 2. The minimum atomic E-state index is -3.69. The maximum Gasteiger partial charge on any atom is 0.262 e. The lowest BCUT2D eigenvalue weighted by atomic mass is 10.1. The fraction of sp³-hybridized carbons (Fsp3) is 0.350. The fourth-order valence-corrected chi connectivity index (χ4v) is 3.93. The molecule has 0 aliphatic carbocycles. The van der Waals surface area contributed by atoms with Gasteiger partial charge in [0.1, 0.15) is 0 Å². The highest BCUT2D eigenvalue weighted by Gasteiger charge is 2.19. The normalized spacial score (nSPS) is 11.9. The van der Waals surface area contributed by atoms with Gasteiger partial charge in [-0.1, -0.05) is 24.3 Å². The van der Waals surface area contributed by atoms with Crippen LogP contribution in [-0.4, -0.2) is 31.6 Å². The van der Waals surface area contributed by atoms with Gasteiger partial charge in [-0.2, -0.15) is 0 Å². The molecule has 3 N–H and O–H groups in total. The Morgan fingerprint density at radius 3 is 2.30 bits per heavy atom. The molecule has 2 aromatic rings. The number of carbonyl (C=O) groups excluding carboxylic acids is 1. The van der Waals surface area contributed by atoms with Crippen LogP contribution in [0.1, 0.15) is 30.5 Å². The Bertz CT molecular complexity index is 919. The van der Waals surface area contributed by atoms with Gasteiger partial charge < -0.3 is 10.4 Å². The molecule has 0 aliphatic heterocycles. The van der Waals surface area contributed by atoms with E-state index < -0.39 is 15.6 Å². The highest BCUT2D eigenvalue weighted by atomic mass is 32.2. The molecule has 7 heteroatoms. The third-order valence-corrected chi connectivity index (χ3v) is 5.60. The number of rotatable bonds is 7. The van der Waals surface area contributed by atoms with Gasteiger partial charge in [0.25, 0.3) is 10.0 Å². The van der Waals surface area contributed by atoms with E-state index in [0.29, 0.717) is 11.3 Å². The van der Waals surface area contributed by atoms with Gasteiger partial charge in [0.2, 0.25) is 5.91 Å². The van der Waals surface area contributed by atoms with Gasteiger partial charge in [0.05, 0.1) is 23.5 Å². The summed E-state index contributed by atoms with van der Waals surface area (Å²) in [6.07, 6.45) is 0.146. The van der Waals surface area contributed by atoms with Crippen molar-refractivity contribution in [3.8, 4) is 0 Å². The predicted octanol–water partition coefficient (Wildman–Crippen LogP) is 2.53. The second kappa shape index (κ2) is 8.10. The molecular weight excluding hydrogens is 364 g/mol. The summed E-state index contributed by atoms with van der Waals surface area (Å²) in [7, 11) is -3.69. The first-order valence-corrected chi connectivity index (χ1v) is 10.1. The number of aryl methyl sites for hydroxylation is 2. The van der Waals surface area contributed by atoms with Crippen LogP contribution in [0.5, 0.6) is 0 Å². The first-order valence-electron chi connectivity index (χ1n) is 8.63. The maximum atomic E-state index is 12.6. The second-order valence-corrected chi connectivity index (χ2v) is 8.99. The van der Waals surface area contributed by atoms with Crippen LogP contribution in [0.15, 0.2) is 47.4 Å². The zero-order chi connectivity index (χ0) is 20.2. The number of aliphatic hydroxyl groups excluding tert-OH is 1. The van der Waals surface area contributed by atoms with Crippen molar-refractivity contribution in [3.63, 3.8) is 0 Å². The number of amides is 1. The molecule has 2 aromatic carbocycles. The fourth-order valence-electron chi connectivity index (χ4n) is 2.54. The van der Waals surface area contributed by atoms with Crippen LogP contribution in [0.4, 0.5) is 5.69 Å². The van der Waals surface area contributed by atoms with Gasteiger partial charge in [0.15, 0.2) is 0 Å². The van der Waals surface area contributed by atoms with Crippen LogP contribution < -0.4 is 10.0 Å².